The Kier molecular flexibility index (Phi) is 8.06. The van der Waals surface area contributed by atoms with Crippen molar-refractivity contribution in [3.63, 3.8) is 0 Å². The molecule has 0 aliphatic rings. The second kappa shape index (κ2) is 10.9. The number of allylic oxidation sites excluding steroid dienone is 2. The van der Waals surface area contributed by atoms with Crippen LogP contribution in [0.3, 0.4) is 0 Å². The molecular weight excluding hydrogens is 400 g/mol. The first-order valence-corrected chi connectivity index (χ1v) is 11.5. The lowest BCUT2D eigenvalue weighted by Gasteiger charge is -2.16. The highest BCUT2D eigenvalue weighted by Gasteiger charge is 2.06. The van der Waals surface area contributed by atoms with Gasteiger partial charge in [0.05, 0.1) is 12.7 Å². The second-order valence-corrected chi connectivity index (χ2v) is 9.22. The van der Waals surface area contributed by atoms with E-state index in [-0.39, 0.29) is 5.41 Å². The zero-order valence-electron chi connectivity index (χ0n) is 18.8. The molecule has 0 amide bonds. The molecule has 0 aliphatic carbocycles. The van der Waals surface area contributed by atoms with E-state index in [9.17, 15) is 0 Å². The van der Waals surface area contributed by atoms with Crippen molar-refractivity contribution in [2.75, 3.05) is 13.1 Å². The minimum atomic E-state index is -0.0456. The molecule has 3 aromatic rings. The molecule has 0 saturated carbocycles. The van der Waals surface area contributed by atoms with Crippen molar-refractivity contribution in [2.45, 2.75) is 34.2 Å². The molecule has 3 rings (SSSR count). The average molecular weight is 431 g/mol. The molecule has 2 aromatic heterocycles. The minimum absolute atomic E-state index is 0.0456. The lowest BCUT2D eigenvalue weighted by atomic mass is 9.97. The fourth-order valence-corrected chi connectivity index (χ4v) is 3.60. The number of likely N-dealkylation sites (N-methyl/N-ethyl adjacent to an activating group) is 1. The van der Waals surface area contributed by atoms with Gasteiger partial charge in [-0.15, -0.1) is 0 Å². The quantitative estimate of drug-likeness (QED) is 0.287. The van der Waals surface area contributed by atoms with E-state index in [1.165, 1.54) is 16.7 Å². The summed E-state index contributed by atoms with van der Waals surface area (Å²) in [6, 6.07) is 12.7. The molecule has 0 saturated heterocycles. The second-order valence-electron chi connectivity index (χ2n) is 8.44. The van der Waals surface area contributed by atoms with Crippen molar-refractivity contribution in [3.05, 3.63) is 82.4 Å². The highest BCUT2D eigenvalue weighted by atomic mass is 32.1. The largest absolute Gasteiger partial charge is 0.360 e. The molecule has 0 fully saturated rings. The number of rotatable bonds is 8. The third-order valence-corrected chi connectivity index (χ3v) is 5.35. The smallest absolute Gasteiger partial charge is 0.150 e. The van der Waals surface area contributed by atoms with Crippen molar-refractivity contribution in [2.24, 2.45) is 5.41 Å². The third-order valence-electron chi connectivity index (χ3n) is 4.67. The van der Waals surface area contributed by atoms with Gasteiger partial charge in [-0.05, 0) is 73.0 Å². The fourth-order valence-electron chi connectivity index (χ4n) is 2.93. The summed E-state index contributed by atoms with van der Waals surface area (Å²) < 4.78 is 5.26. The Bertz CT molecular complexity index is 1060. The first-order valence-electron chi connectivity index (χ1n) is 10.6. The molecule has 160 valence electrons. The van der Waals surface area contributed by atoms with Crippen LogP contribution in [0.15, 0.2) is 75.6 Å². The van der Waals surface area contributed by atoms with Crippen LogP contribution >= 0.6 is 11.3 Å². The predicted molar refractivity (Wildman–Crippen MR) is 132 cm³/mol. The molecule has 0 radical (unpaired) electrons. The normalized spacial score (nSPS) is 12.4. The molecule has 0 aliphatic heterocycles. The third kappa shape index (κ3) is 7.71. The topological polar surface area (TPSA) is 29.3 Å². The average Bonchev–Trinajstić information content (AvgIpc) is 3.46. The van der Waals surface area contributed by atoms with Crippen LogP contribution < -0.4 is 0 Å². The molecule has 0 atom stereocenters. The summed E-state index contributed by atoms with van der Waals surface area (Å²) >= 11 is 1.72. The molecule has 2 heterocycles. The molecular formula is C27H30N2OS. The van der Waals surface area contributed by atoms with E-state index in [4.69, 9.17) is 4.52 Å². The first-order chi connectivity index (χ1) is 14.9. The first kappa shape index (κ1) is 22.8. The summed E-state index contributed by atoms with van der Waals surface area (Å²) in [6.45, 7) is 11.0. The molecule has 31 heavy (non-hydrogen) atoms. The summed E-state index contributed by atoms with van der Waals surface area (Å²) in [7, 11) is 0. The number of hydrogen-bond acceptors (Lipinski definition) is 4. The van der Waals surface area contributed by atoms with Crippen LogP contribution in [0.4, 0.5) is 0 Å². The Balaban J connectivity index is 1.79. The van der Waals surface area contributed by atoms with Gasteiger partial charge >= 0.3 is 0 Å². The Morgan fingerprint density at radius 2 is 2.06 bits per heavy atom. The van der Waals surface area contributed by atoms with Gasteiger partial charge in [-0.1, -0.05) is 54.3 Å². The molecule has 0 unspecified atom stereocenters. The summed E-state index contributed by atoms with van der Waals surface area (Å²) in [5.41, 5.74) is 4.64. The standard InChI is InChI=1S/C27H30N2OS/c1-5-29(20-26-12-16-28-30-26)17-13-22(11-15-27(2,3)4)9-10-23-7-6-8-24(19-23)25-14-18-31-21-25/h6-10,12-14,16,18-19,21H,5,17,20H2,1-4H3. The maximum atomic E-state index is 5.26. The van der Waals surface area contributed by atoms with Gasteiger partial charge in [0.1, 0.15) is 0 Å². The fraction of sp³-hybridized carbons (Fsp3) is 0.296. The van der Waals surface area contributed by atoms with Gasteiger partial charge < -0.3 is 4.52 Å². The lowest BCUT2D eigenvalue weighted by Crippen LogP contribution is -2.22. The van der Waals surface area contributed by atoms with E-state index in [1.807, 2.05) is 6.07 Å². The van der Waals surface area contributed by atoms with Gasteiger partial charge in [0.25, 0.3) is 0 Å². The molecule has 0 spiro atoms. The van der Waals surface area contributed by atoms with Gasteiger partial charge in [0.15, 0.2) is 5.76 Å². The Hall–Kier alpha value is -2.87. The van der Waals surface area contributed by atoms with E-state index in [1.54, 1.807) is 17.5 Å². The number of nitrogens with zero attached hydrogens (tertiary/aromatic N) is 2. The monoisotopic (exact) mass is 430 g/mol. The molecule has 0 N–H and O–H groups in total. The molecule has 0 bridgehead atoms. The minimum Gasteiger partial charge on any atom is -0.360 e. The van der Waals surface area contributed by atoms with E-state index in [2.05, 4.69) is 109 Å². The van der Waals surface area contributed by atoms with Crippen LogP contribution in [0.5, 0.6) is 0 Å². The van der Waals surface area contributed by atoms with Gasteiger partial charge in [0, 0.05) is 23.6 Å². The SMILES string of the molecule is CCN(CC=C(C#CC(C)(C)C)C=Cc1cccc(-c2ccsc2)c1)Cc1ccno1. The van der Waals surface area contributed by atoms with Gasteiger partial charge in [-0.2, -0.15) is 11.3 Å². The number of benzene rings is 1. The van der Waals surface area contributed by atoms with Crippen molar-refractivity contribution in [1.82, 2.24) is 10.1 Å². The van der Waals surface area contributed by atoms with E-state index in [0.29, 0.717) is 0 Å². The van der Waals surface area contributed by atoms with E-state index in [0.717, 1.165) is 31.0 Å². The molecule has 4 heteroatoms. The maximum absolute atomic E-state index is 5.26. The van der Waals surface area contributed by atoms with Crippen LogP contribution in [-0.2, 0) is 6.54 Å². The highest BCUT2D eigenvalue weighted by Crippen LogP contribution is 2.23. The van der Waals surface area contributed by atoms with Crippen molar-refractivity contribution in [3.8, 4) is 23.0 Å². The summed E-state index contributed by atoms with van der Waals surface area (Å²) in [5, 5.41) is 8.09. The summed E-state index contributed by atoms with van der Waals surface area (Å²) in [4.78, 5) is 2.30. The lowest BCUT2D eigenvalue weighted by molar-refractivity contribution is 0.261. The Morgan fingerprint density at radius 1 is 1.19 bits per heavy atom. The van der Waals surface area contributed by atoms with E-state index < -0.39 is 0 Å². The Morgan fingerprint density at radius 3 is 2.74 bits per heavy atom. The van der Waals surface area contributed by atoms with Crippen LogP contribution in [0.25, 0.3) is 17.2 Å². The number of hydrogen-bond donors (Lipinski definition) is 0. The van der Waals surface area contributed by atoms with Crippen LogP contribution in [0, 0.1) is 17.3 Å². The van der Waals surface area contributed by atoms with Crippen LogP contribution in [0.1, 0.15) is 39.0 Å². The van der Waals surface area contributed by atoms with Gasteiger partial charge in [0.2, 0.25) is 0 Å². The van der Waals surface area contributed by atoms with Gasteiger partial charge in [-0.25, -0.2) is 0 Å². The van der Waals surface area contributed by atoms with E-state index >= 15 is 0 Å². The zero-order valence-corrected chi connectivity index (χ0v) is 19.6. The summed E-state index contributed by atoms with van der Waals surface area (Å²) in [5.74, 6) is 7.61. The number of aromatic nitrogens is 1. The van der Waals surface area contributed by atoms with Crippen molar-refractivity contribution in [1.29, 1.82) is 0 Å². The molecule has 1 aromatic carbocycles. The van der Waals surface area contributed by atoms with Crippen LogP contribution in [-0.4, -0.2) is 23.1 Å². The van der Waals surface area contributed by atoms with Crippen molar-refractivity contribution >= 4 is 17.4 Å². The Labute approximate surface area is 190 Å². The van der Waals surface area contributed by atoms with Gasteiger partial charge in [-0.3, -0.25) is 4.90 Å². The highest BCUT2D eigenvalue weighted by molar-refractivity contribution is 7.08. The zero-order chi connectivity index (χ0) is 22.1. The molecule has 3 nitrogen and oxygen atoms in total. The number of thiophene rings is 1. The van der Waals surface area contributed by atoms with Crippen molar-refractivity contribution < 1.29 is 4.52 Å². The van der Waals surface area contributed by atoms with Crippen LogP contribution in [0.2, 0.25) is 0 Å². The maximum Gasteiger partial charge on any atom is 0.150 e. The summed E-state index contributed by atoms with van der Waals surface area (Å²) in [6.07, 6.45) is 8.14. The predicted octanol–water partition coefficient (Wildman–Crippen LogP) is 6.91.